The van der Waals surface area contributed by atoms with Crippen LogP contribution in [0.1, 0.15) is 22.7 Å². The highest BCUT2D eigenvalue weighted by Crippen LogP contribution is 2.28. The molecule has 2 rings (SSSR count). The lowest BCUT2D eigenvalue weighted by Crippen LogP contribution is -2.20. The lowest BCUT2D eigenvalue weighted by atomic mass is 9.95. The molecule has 0 fully saturated rings. The molecule has 0 amide bonds. The van der Waals surface area contributed by atoms with Gasteiger partial charge in [0.2, 0.25) is 5.82 Å². The van der Waals surface area contributed by atoms with Crippen LogP contribution in [-0.2, 0) is 6.42 Å². The monoisotopic (exact) mass is 301 g/mol. The molecule has 1 nitrogen and oxygen atoms in total. The van der Waals surface area contributed by atoms with Gasteiger partial charge >= 0.3 is 0 Å². The number of hydrogen-bond acceptors (Lipinski definition) is 1. The van der Waals surface area contributed by atoms with Crippen molar-refractivity contribution < 1.29 is 22.0 Å². The van der Waals surface area contributed by atoms with Crippen molar-refractivity contribution in [1.29, 1.82) is 0 Å². The molecule has 0 bridgehead atoms. The van der Waals surface area contributed by atoms with Crippen LogP contribution >= 0.6 is 0 Å². The summed E-state index contributed by atoms with van der Waals surface area (Å²) in [7, 11) is 0. The van der Waals surface area contributed by atoms with Crippen molar-refractivity contribution in [1.82, 2.24) is 0 Å². The van der Waals surface area contributed by atoms with Crippen LogP contribution in [0.2, 0.25) is 0 Å². The van der Waals surface area contributed by atoms with Gasteiger partial charge in [-0.25, -0.2) is 22.0 Å². The summed E-state index contributed by atoms with van der Waals surface area (Å²) in [6.45, 7) is 1.76. The maximum atomic E-state index is 13.7. The molecule has 0 saturated heterocycles. The predicted octanol–water partition coefficient (Wildman–Crippen LogP) is 3.93. The number of benzene rings is 2. The van der Waals surface area contributed by atoms with Gasteiger partial charge in [-0.1, -0.05) is 24.3 Å². The standard InChI is InChI=1S/C15H12F5N/c1-7-4-2-3-5-8(7)6-9(21)10-11(16)13(18)15(20)14(19)12(10)17/h2-5,9H,6,21H2,1H3. The van der Waals surface area contributed by atoms with Gasteiger partial charge in [-0.2, -0.15) is 0 Å². The fourth-order valence-electron chi connectivity index (χ4n) is 2.13. The molecule has 0 radical (unpaired) electrons. The van der Waals surface area contributed by atoms with Crippen LogP contribution in [0.4, 0.5) is 22.0 Å². The summed E-state index contributed by atoms with van der Waals surface area (Å²) in [5.74, 6) is -9.91. The molecule has 0 spiro atoms. The zero-order valence-electron chi connectivity index (χ0n) is 11.1. The summed E-state index contributed by atoms with van der Waals surface area (Å²) in [5, 5.41) is 0. The van der Waals surface area contributed by atoms with E-state index < -0.39 is 40.7 Å². The summed E-state index contributed by atoms with van der Waals surface area (Å²) in [6.07, 6.45) is -0.0367. The molecule has 0 aliphatic carbocycles. The van der Waals surface area contributed by atoms with Crippen LogP contribution < -0.4 is 5.73 Å². The van der Waals surface area contributed by atoms with E-state index in [2.05, 4.69) is 0 Å². The first-order valence-electron chi connectivity index (χ1n) is 6.16. The Morgan fingerprint density at radius 1 is 0.857 bits per heavy atom. The lowest BCUT2D eigenvalue weighted by molar-refractivity contribution is 0.363. The van der Waals surface area contributed by atoms with E-state index in [1.54, 1.807) is 31.2 Å². The van der Waals surface area contributed by atoms with Crippen LogP contribution in [0.5, 0.6) is 0 Å². The molecule has 0 saturated carbocycles. The molecule has 0 aliphatic rings. The van der Waals surface area contributed by atoms with Crippen molar-refractivity contribution in [3.8, 4) is 0 Å². The third-order valence-corrected chi connectivity index (χ3v) is 3.32. The van der Waals surface area contributed by atoms with E-state index in [-0.39, 0.29) is 6.42 Å². The Labute approximate surface area is 118 Å². The fraction of sp³-hybridized carbons (Fsp3) is 0.200. The number of hydrogen-bond donors (Lipinski definition) is 1. The van der Waals surface area contributed by atoms with Gasteiger partial charge in [0.15, 0.2) is 23.3 Å². The first-order valence-corrected chi connectivity index (χ1v) is 6.16. The molecular formula is C15H12F5N. The summed E-state index contributed by atoms with van der Waals surface area (Å²) < 4.78 is 66.6. The molecule has 21 heavy (non-hydrogen) atoms. The van der Waals surface area contributed by atoms with Gasteiger partial charge in [0.05, 0.1) is 0 Å². The van der Waals surface area contributed by atoms with E-state index in [0.29, 0.717) is 5.56 Å². The summed E-state index contributed by atoms with van der Waals surface area (Å²) in [5.41, 5.74) is 6.15. The molecule has 2 aromatic carbocycles. The number of halogens is 5. The predicted molar refractivity (Wildman–Crippen MR) is 68.0 cm³/mol. The Balaban J connectivity index is 2.45. The second-order valence-electron chi connectivity index (χ2n) is 4.72. The van der Waals surface area contributed by atoms with E-state index in [1.807, 2.05) is 0 Å². The molecule has 112 valence electrons. The molecule has 2 N–H and O–H groups in total. The first kappa shape index (κ1) is 15.4. The Kier molecular flexibility index (Phi) is 4.27. The third kappa shape index (κ3) is 2.76. The van der Waals surface area contributed by atoms with Crippen molar-refractivity contribution in [3.05, 3.63) is 70.0 Å². The van der Waals surface area contributed by atoms with Crippen molar-refractivity contribution in [2.24, 2.45) is 5.73 Å². The van der Waals surface area contributed by atoms with Gasteiger partial charge < -0.3 is 5.73 Å². The van der Waals surface area contributed by atoms with Gasteiger partial charge in [0.1, 0.15) is 0 Å². The SMILES string of the molecule is Cc1ccccc1CC(N)c1c(F)c(F)c(F)c(F)c1F. The normalized spacial score (nSPS) is 12.5. The van der Waals surface area contributed by atoms with Gasteiger partial charge in [-0.05, 0) is 24.5 Å². The van der Waals surface area contributed by atoms with Gasteiger partial charge in [-0.3, -0.25) is 0 Å². The number of aryl methyl sites for hydroxylation is 1. The minimum atomic E-state index is -2.18. The Morgan fingerprint density at radius 3 is 1.86 bits per heavy atom. The van der Waals surface area contributed by atoms with Crippen LogP contribution in [-0.4, -0.2) is 0 Å². The smallest absolute Gasteiger partial charge is 0.200 e. The molecule has 0 heterocycles. The Hall–Kier alpha value is -1.95. The molecule has 2 aromatic rings. The van der Waals surface area contributed by atoms with E-state index in [9.17, 15) is 22.0 Å². The lowest BCUT2D eigenvalue weighted by Gasteiger charge is -2.16. The van der Waals surface area contributed by atoms with E-state index >= 15 is 0 Å². The van der Waals surface area contributed by atoms with E-state index in [1.165, 1.54) is 0 Å². The topological polar surface area (TPSA) is 26.0 Å². The van der Waals surface area contributed by atoms with Gasteiger partial charge in [0, 0.05) is 11.6 Å². The molecule has 1 atom stereocenters. The van der Waals surface area contributed by atoms with E-state index in [4.69, 9.17) is 5.73 Å². The number of nitrogens with two attached hydrogens (primary N) is 1. The molecular weight excluding hydrogens is 289 g/mol. The first-order chi connectivity index (χ1) is 9.84. The summed E-state index contributed by atoms with van der Waals surface area (Å²) in [6, 6.07) is 5.58. The highest BCUT2D eigenvalue weighted by Gasteiger charge is 2.29. The summed E-state index contributed by atoms with van der Waals surface area (Å²) in [4.78, 5) is 0. The largest absolute Gasteiger partial charge is 0.323 e. The van der Waals surface area contributed by atoms with Crippen LogP contribution in [0, 0.1) is 36.0 Å². The fourth-order valence-corrected chi connectivity index (χ4v) is 2.13. The summed E-state index contributed by atoms with van der Waals surface area (Å²) >= 11 is 0. The third-order valence-electron chi connectivity index (χ3n) is 3.32. The Bertz CT molecular complexity index is 655. The van der Waals surface area contributed by atoms with Crippen LogP contribution in [0.3, 0.4) is 0 Å². The van der Waals surface area contributed by atoms with Gasteiger partial charge in [0.25, 0.3) is 0 Å². The Morgan fingerprint density at radius 2 is 1.33 bits per heavy atom. The minimum Gasteiger partial charge on any atom is -0.323 e. The maximum Gasteiger partial charge on any atom is 0.200 e. The average molecular weight is 301 g/mol. The number of rotatable bonds is 3. The average Bonchev–Trinajstić information content (AvgIpc) is 2.46. The molecule has 6 heteroatoms. The molecule has 0 aliphatic heterocycles. The van der Waals surface area contributed by atoms with Crippen LogP contribution in [0.25, 0.3) is 0 Å². The zero-order chi connectivity index (χ0) is 15.7. The highest BCUT2D eigenvalue weighted by atomic mass is 19.2. The highest BCUT2D eigenvalue weighted by molar-refractivity contribution is 5.31. The van der Waals surface area contributed by atoms with Crippen molar-refractivity contribution in [3.63, 3.8) is 0 Å². The second kappa shape index (κ2) is 5.81. The van der Waals surface area contributed by atoms with Gasteiger partial charge in [-0.15, -0.1) is 0 Å². The zero-order valence-corrected chi connectivity index (χ0v) is 11.1. The maximum absolute atomic E-state index is 13.7. The molecule has 1 unspecified atom stereocenters. The van der Waals surface area contributed by atoms with Crippen molar-refractivity contribution >= 4 is 0 Å². The van der Waals surface area contributed by atoms with E-state index in [0.717, 1.165) is 5.56 Å². The van der Waals surface area contributed by atoms with Crippen molar-refractivity contribution in [2.75, 3.05) is 0 Å². The quantitative estimate of drug-likeness (QED) is 0.519. The minimum absolute atomic E-state index is 0.0367. The second-order valence-corrected chi connectivity index (χ2v) is 4.72. The molecule has 0 aromatic heterocycles. The van der Waals surface area contributed by atoms with Crippen LogP contribution in [0.15, 0.2) is 24.3 Å². The van der Waals surface area contributed by atoms with Crippen molar-refractivity contribution in [2.45, 2.75) is 19.4 Å².